The van der Waals surface area contributed by atoms with Gasteiger partial charge in [0.2, 0.25) is 5.88 Å². The van der Waals surface area contributed by atoms with Gasteiger partial charge in [0.1, 0.15) is 5.82 Å². The van der Waals surface area contributed by atoms with Crippen molar-refractivity contribution >= 4 is 17.3 Å². The fourth-order valence-corrected chi connectivity index (χ4v) is 1.82. The molecule has 1 N–H and O–H groups in total. The largest absolute Gasteiger partial charge is 0.481 e. The maximum atomic E-state index is 13.5. The summed E-state index contributed by atoms with van der Waals surface area (Å²) in [4.78, 5) is 4.07. The highest BCUT2D eigenvalue weighted by molar-refractivity contribution is 6.33. The number of nitrogens with zero attached hydrogens (tertiary/aromatic N) is 1. The van der Waals surface area contributed by atoms with E-state index >= 15 is 0 Å². The second kappa shape index (κ2) is 5.69. The molecule has 2 rings (SSSR count). The molecule has 0 saturated heterocycles. The number of hydrogen-bond donors (Lipinski definition) is 1. The Morgan fingerprint density at radius 1 is 1.33 bits per heavy atom. The molecule has 0 unspecified atom stereocenters. The second-order valence-electron chi connectivity index (χ2n) is 3.62. The van der Waals surface area contributed by atoms with E-state index in [1.807, 2.05) is 6.07 Å². The van der Waals surface area contributed by atoms with Crippen molar-refractivity contribution < 1.29 is 9.13 Å². The Morgan fingerprint density at radius 3 is 2.89 bits per heavy atom. The van der Waals surface area contributed by atoms with Crippen molar-refractivity contribution in [2.75, 3.05) is 12.4 Å². The number of ether oxygens (including phenoxy) is 1. The van der Waals surface area contributed by atoms with Gasteiger partial charge in [-0.3, -0.25) is 0 Å². The number of halogens is 2. The summed E-state index contributed by atoms with van der Waals surface area (Å²) in [5.41, 5.74) is 1.12. The topological polar surface area (TPSA) is 34.1 Å². The molecule has 0 amide bonds. The van der Waals surface area contributed by atoms with Crippen molar-refractivity contribution in [1.82, 2.24) is 4.98 Å². The maximum Gasteiger partial charge on any atom is 0.218 e. The van der Waals surface area contributed by atoms with Crippen LogP contribution in [0.3, 0.4) is 0 Å². The molecular weight excluding hydrogens is 255 g/mol. The number of methoxy groups -OCH3 is 1. The first-order valence-electron chi connectivity index (χ1n) is 5.38. The van der Waals surface area contributed by atoms with Crippen molar-refractivity contribution in [3.63, 3.8) is 0 Å². The van der Waals surface area contributed by atoms with Gasteiger partial charge in [0.25, 0.3) is 0 Å². The lowest BCUT2D eigenvalue weighted by molar-refractivity contribution is 0.393. The van der Waals surface area contributed by atoms with Gasteiger partial charge in [-0.25, -0.2) is 9.37 Å². The van der Waals surface area contributed by atoms with E-state index < -0.39 is 0 Å². The van der Waals surface area contributed by atoms with E-state index in [1.54, 1.807) is 31.5 Å². The first kappa shape index (κ1) is 12.6. The quantitative estimate of drug-likeness (QED) is 0.920. The van der Waals surface area contributed by atoms with Crippen LogP contribution >= 0.6 is 11.6 Å². The van der Waals surface area contributed by atoms with Crippen LogP contribution in [0.4, 0.5) is 10.1 Å². The van der Waals surface area contributed by atoms with Gasteiger partial charge < -0.3 is 10.1 Å². The molecule has 0 fully saturated rings. The number of pyridine rings is 1. The number of aromatic nitrogens is 1. The Balaban J connectivity index is 2.16. The monoisotopic (exact) mass is 266 g/mol. The third-order valence-corrected chi connectivity index (χ3v) is 2.78. The third kappa shape index (κ3) is 2.71. The number of anilines is 1. The Morgan fingerprint density at radius 2 is 2.17 bits per heavy atom. The van der Waals surface area contributed by atoms with Crippen LogP contribution in [0.15, 0.2) is 36.5 Å². The molecule has 1 aromatic carbocycles. The number of para-hydroxylation sites is 1. The SMILES string of the molecule is COc1ncccc1CNc1c(F)cccc1Cl. The predicted octanol–water partition coefficient (Wildman–Crippen LogP) is 3.49. The molecule has 94 valence electrons. The molecule has 18 heavy (non-hydrogen) atoms. The molecular formula is C13H12ClFN2O. The van der Waals surface area contributed by atoms with Crippen LogP contribution in [0.1, 0.15) is 5.56 Å². The predicted molar refractivity (Wildman–Crippen MR) is 69.5 cm³/mol. The Bertz CT molecular complexity index is 528. The van der Waals surface area contributed by atoms with Crippen LogP contribution in [0.2, 0.25) is 5.02 Å². The average molecular weight is 267 g/mol. The van der Waals surface area contributed by atoms with Crippen molar-refractivity contribution in [2.45, 2.75) is 6.54 Å². The summed E-state index contributed by atoms with van der Waals surface area (Å²) < 4.78 is 18.7. The summed E-state index contributed by atoms with van der Waals surface area (Å²) in [6.07, 6.45) is 1.64. The molecule has 0 spiro atoms. The fourth-order valence-electron chi connectivity index (χ4n) is 1.59. The minimum Gasteiger partial charge on any atom is -0.481 e. The summed E-state index contributed by atoms with van der Waals surface area (Å²) in [5, 5.41) is 3.29. The van der Waals surface area contributed by atoms with Crippen LogP contribution in [0.5, 0.6) is 5.88 Å². The van der Waals surface area contributed by atoms with Crippen molar-refractivity contribution in [3.05, 3.63) is 52.9 Å². The fraction of sp³-hybridized carbons (Fsp3) is 0.154. The molecule has 0 saturated carbocycles. The van der Waals surface area contributed by atoms with E-state index in [-0.39, 0.29) is 11.5 Å². The Kier molecular flexibility index (Phi) is 3.99. The van der Waals surface area contributed by atoms with Crippen LogP contribution in [0, 0.1) is 5.82 Å². The van der Waals surface area contributed by atoms with Gasteiger partial charge in [-0.15, -0.1) is 0 Å². The molecule has 5 heteroatoms. The van der Waals surface area contributed by atoms with Gasteiger partial charge in [-0.2, -0.15) is 0 Å². The zero-order valence-electron chi connectivity index (χ0n) is 9.78. The van der Waals surface area contributed by atoms with E-state index in [0.717, 1.165) is 5.56 Å². The molecule has 0 atom stereocenters. The van der Waals surface area contributed by atoms with E-state index in [0.29, 0.717) is 17.4 Å². The van der Waals surface area contributed by atoms with Gasteiger partial charge in [0.05, 0.1) is 17.8 Å². The summed E-state index contributed by atoms with van der Waals surface area (Å²) in [7, 11) is 1.54. The van der Waals surface area contributed by atoms with Crippen LogP contribution in [-0.2, 0) is 6.54 Å². The number of nitrogens with one attached hydrogen (secondary N) is 1. The minimum absolute atomic E-state index is 0.282. The highest BCUT2D eigenvalue weighted by Crippen LogP contribution is 2.26. The van der Waals surface area contributed by atoms with E-state index in [4.69, 9.17) is 16.3 Å². The summed E-state index contributed by atoms with van der Waals surface area (Å²) in [5.74, 6) is 0.128. The van der Waals surface area contributed by atoms with E-state index in [9.17, 15) is 4.39 Å². The first-order valence-corrected chi connectivity index (χ1v) is 5.76. The molecule has 0 aliphatic heterocycles. The van der Waals surface area contributed by atoms with Crippen molar-refractivity contribution in [3.8, 4) is 5.88 Å². The first-order chi connectivity index (χ1) is 8.72. The molecule has 1 heterocycles. The van der Waals surface area contributed by atoms with Crippen LogP contribution < -0.4 is 10.1 Å². The summed E-state index contributed by atoms with van der Waals surface area (Å²) >= 11 is 5.92. The standard InChI is InChI=1S/C13H12ClFN2O/c1-18-13-9(4-3-7-16-13)8-17-12-10(14)5-2-6-11(12)15/h2-7,17H,8H2,1H3. The molecule has 2 aromatic rings. The minimum atomic E-state index is -0.384. The summed E-state index contributed by atoms with van der Waals surface area (Å²) in [6.45, 7) is 0.387. The number of benzene rings is 1. The maximum absolute atomic E-state index is 13.5. The van der Waals surface area contributed by atoms with Gasteiger partial charge in [-0.05, 0) is 18.2 Å². The summed E-state index contributed by atoms with van der Waals surface area (Å²) in [6, 6.07) is 8.20. The van der Waals surface area contributed by atoms with Crippen molar-refractivity contribution in [2.24, 2.45) is 0 Å². The van der Waals surface area contributed by atoms with Gasteiger partial charge in [-0.1, -0.05) is 23.7 Å². The molecule has 0 aliphatic rings. The van der Waals surface area contributed by atoms with Crippen molar-refractivity contribution in [1.29, 1.82) is 0 Å². The lowest BCUT2D eigenvalue weighted by atomic mass is 10.2. The van der Waals surface area contributed by atoms with Crippen LogP contribution in [0.25, 0.3) is 0 Å². The molecule has 1 aromatic heterocycles. The van der Waals surface area contributed by atoms with Gasteiger partial charge >= 0.3 is 0 Å². The zero-order chi connectivity index (χ0) is 13.0. The van der Waals surface area contributed by atoms with Crippen LogP contribution in [-0.4, -0.2) is 12.1 Å². The van der Waals surface area contributed by atoms with E-state index in [1.165, 1.54) is 6.07 Å². The average Bonchev–Trinajstić information content (AvgIpc) is 2.38. The van der Waals surface area contributed by atoms with E-state index in [2.05, 4.69) is 10.3 Å². The lowest BCUT2D eigenvalue weighted by Gasteiger charge is -2.11. The molecule has 0 bridgehead atoms. The lowest BCUT2D eigenvalue weighted by Crippen LogP contribution is -2.04. The van der Waals surface area contributed by atoms with Gasteiger partial charge in [0, 0.05) is 18.3 Å². The Hall–Kier alpha value is -1.81. The third-order valence-electron chi connectivity index (χ3n) is 2.46. The Labute approximate surface area is 110 Å². The number of hydrogen-bond acceptors (Lipinski definition) is 3. The molecule has 0 radical (unpaired) electrons. The highest BCUT2D eigenvalue weighted by atomic mass is 35.5. The molecule has 0 aliphatic carbocycles. The van der Waals surface area contributed by atoms with Gasteiger partial charge in [0.15, 0.2) is 0 Å². The smallest absolute Gasteiger partial charge is 0.218 e. The highest BCUT2D eigenvalue weighted by Gasteiger charge is 2.08. The molecule has 3 nitrogen and oxygen atoms in total. The zero-order valence-corrected chi connectivity index (χ0v) is 10.5. The second-order valence-corrected chi connectivity index (χ2v) is 4.03. The normalized spacial score (nSPS) is 10.2. The number of rotatable bonds is 4.